The number of thiazole rings is 1. The average molecular weight is 392 g/mol. The van der Waals surface area contributed by atoms with Gasteiger partial charge in [-0.3, -0.25) is 14.5 Å². The van der Waals surface area contributed by atoms with Crippen molar-refractivity contribution in [1.82, 2.24) is 15.2 Å². The Balaban J connectivity index is 1.30. The summed E-state index contributed by atoms with van der Waals surface area (Å²) in [6, 6.07) is 0.429. The van der Waals surface area contributed by atoms with Gasteiger partial charge >= 0.3 is 5.97 Å². The lowest BCUT2D eigenvalue weighted by Crippen LogP contribution is -2.55. The maximum atomic E-state index is 12.7. The number of hydrogen-bond acceptors (Lipinski definition) is 5. The lowest BCUT2D eigenvalue weighted by atomic mass is 9.85. The maximum absolute atomic E-state index is 12.7. The van der Waals surface area contributed by atoms with E-state index in [1.54, 1.807) is 11.3 Å². The second-order valence-corrected chi connectivity index (χ2v) is 9.54. The first-order valence-corrected chi connectivity index (χ1v) is 11.0. The van der Waals surface area contributed by atoms with Gasteiger partial charge in [0.05, 0.1) is 17.2 Å². The van der Waals surface area contributed by atoms with E-state index in [4.69, 9.17) is 5.11 Å². The van der Waals surface area contributed by atoms with E-state index in [1.165, 1.54) is 38.5 Å². The largest absolute Gasteiger partial charge is 0.480 e. The highest BCUT2D eigenvalue weighted by molar-refractivity contribution is 7.13. The van der Waals surface area contributed by atoms with Crippen LogP contribution in [0.25, 0.3) is 0 Å². The number of aromatic nitrogens is 1. The standard InChI is InChI=1S/C20H29N3O3S/c1-12-18(27-20(21-12)14-4-2-3-5-14)19(26)22-15-8-16(9-15)23(11-17(24)25)10-13-6-7-13/h13-16H,2-11H2,1H3,(H,22,26)(H,24,25). The van der Waals surface area contributed by atoms with E-state index in [0.717, 1.165) is 35.0 Å². The Hall–Kier alpha value is -1.47. The summed E-state index contributed by atoms with van der Waals surface area (Å²) >= 11 is 1.56. The molecule has 3 aliphatic carbocycles. The zero-order valence-corrected chi connectivity index (χ0v) is 16.8. The van der Waals surface area contributed by atoms with Crippen LogP contribution in [0.4, 0.5) is 0 Å². The molecule has 0 aliphatic heterocycles. The Bertz CT molecular complexity index is 703. The molecule has 2 N–H and O–H groups in total. The first-order valence-electron chi connectivity index (χ1n) is 10.2. The van der Waals surface area contributed by atoms with Gasteiger partial charge < -0.3 is 10.4 Å². The first-order chi connectivity index (χ1) is 13.0. The van der Waals surface area contributed by atoms with Crippen molar-refractivity contribution in [2.45, 2.75) is 76.3 Å². The van der Waals surface area contributed by atoms with E-state index in [-0.39, 0.29) is 24.5 Å². The average Bonchev–Trinajstić information content (AvgIpc) is 3.07. The van der Waals surface area contributed by atoms with E-state index >= 15 is 0 Å². The quantitative estimate of drug-likeness (QED) is 0.711. The lowest BCUT2D eigenvalue weighted by molar-refractivity contribution is -0.139. The second-order valence-electron chi connectivity index (χ2n) is 8.51. The zero-order valence-electron chi connectivity index (χ0n) is 15.9. The number of amides is 1. The van der Waals surface area contributed by atoms with Gasteiger partial charge in [-0.05, 0) is 51.4 Å². The van der Waals surface area contributed by atoms with Crippen LogP contribution in [0.3, 0.4) is 0 Å². The van der Waals surface area contributed by atoms with Crippen molar-refractivity contribution < 1.29 is 14.7 Å². The minimum absolute atomic E-state index is 0.00956. The Morgan fingerprint density at radius 3 is 2.56 bits per heavy atom. The Labute approximate surface area is 164 Å². The number of hydrogen-bond donors (Lipinski definition) is 2. The number of rotatable bonds is 8. The van der Waals surface area contributed by atoms with Gasteiger partial charge in [0.2, 0.25) is 0 Å². The molecule has 27 heavy (non-hydrogen) atoms. The van der Waals surface area contributed by atoms with Crippen molar-refractivity contribution in [1.29, 1.82) is 0 Å². The molecule has 6 nitrogen and oxygen atoms in total. The van der Waals surface area contributed by atoms with Gasteiger partial charge in [0, 0.05) is 24.5 Å². The summed E-state index contributed by atoms with van der Waals surface area (Å²) in [6.07, 6.45) is 9.05. The molecular formula is C20H29N3O3S. The molecular weight excluding hydrogens is 362 g/mol. The molecule has 148 valence electrons. The summed E-state index contributed by atoms with van der Waals surface area (Å²) in [4.78, 5) is 31.3. The van der Waals surface area contributed by atoms with Crippen molar-refractivity contribution in [3.05, 3.63) is 15.6 Å². The van der Waals surface area contributed by atoms with Crippen LogP contribution >= 0.6 is 11.3 Å². The molecule has 3 aliphatic rings. The van der Waals surface area contributed by atoms with Crippen LogP contribution in [0.1, 0.15) is 77.7 Å². The molecule has 3 saturated carbocycles. The predicted molar refractivity (Wildman–Crippen MR) is 104 cm³/mol. The van der Waals surface area contributed by atoms with E-state index in [9.17, 15) is 9.59 Å². The number of carbonyl (C=O) groups excluding carboxylic acids is 1. The number of aryl methyl sites for hydroxylation is 1. The molecule has 0 radical (unpaired) electrons. The molecule has 0 aromatic carbocycles. The number of carboxylic acids is 1. The van der Waals surface area contributed by atoms with Crippen molar-refractivity contribution in [3.8, 4) is 0 Å². The SMILES string of the molecule is Cc1nc(C2CCCC2)sc1C(=O)NC1CC(N(CC(=O)O)CC2CC2)C1. The normalized spacial score (nSPS) is 25.6. The number of carboxylic acid groups (broad SMARTS) is 1. The molecule has 0 atom stereocenters. The Morgan fingerprint density at radius 2 is 1.93 bits per heavy atom. The summed E-state index contributed by atoms with van der Waals surface area (Å²) in [5.41, 5.74) is 0.844. The first kappa shape index (κ1) is 18.9. The molecule has 1 aromatic heterocycles. The Kier molecular flexibility index (Phi) is 5.50. The molecule has 3 fully saturated rings. The van der Waals surface area contributed by atoms with Crippen LogP contribution in [0, 0.1) is 12.8 Å². The van der Waals surface area contributed by atoms with E-state index in [1.807, 2.05) is 6.92 Å². The fraction of sp³-hybridized carbons (Fsp3) is 0.750. The van der Waals surface area contributed by atoms with Crippen LogP contribution < -0.4 is 5.32 Å². The van der Waals surface area contributed by atoms with E-state index in [0.29, 0.717) is 11.8 Å². The summed E-state index contributed by atoms with van der Waals surface area (Å²) in [7, 11) is 0. The van der Waals surface area contributed by atoms with E-state index in [2.05, 4.69) is 15.2 Å². The zero-order chi connectivity index (χ0) is 19.0. The van der Waals surface area contributed by atoms with Crippen LogP contribution in [-0.2, 0) is 4.79 Å². The molecule has 1 aromatic rings. The minimum atomic E-state index is -0.761. The molecule has 0 bridgehead atoms. The number of aliphatic carboxylic acids is 1. The van der Waals surface area contributed by atoms with Gasteiger partial charge in [-0.1, -0.05) is 12.8 Å². The molecule has 1 amide bonds. The van der Waals surface area contributed by atoms with Gasteiger partial charge in [-0.25, -0.2) is 4.98 Å². The summed E-state index contributed by atoms with van der Waals surface area (Å²) in [5, 5.41) is 13.4. The summed E-state index contributed by atoms with van der Waals surface area (Å²) in [6.45, 7) is 2.93. The highest BCUT2D eigenvalue weighted by atomic mass is 32.1. The third-order valence-corrected chi connectivity index (χ3v) is 7.54. The van der Waals surface area contributed by atoms with Gasteiger partial charge in [-0.15, -0.1) is 11.3 Å². The van der Waals surface area contributed by atoms with Crippen molar-refractivity contribution in [2.24, 2.45) is 5.92 Å². The minimum Gasteiger partial charge on any atom is -0.480 e. The second kappa shape index (κ2) is 7.87. The van der Waals surface area contributed by atoms with Crippen LogP contribution in [0.5, 0.6) is 0 Å². The molecule has 0 saturated heterocycles. The summed E-state index contributed by atoms with van der Waals surface area (Å²) in [5.74, 6) is 0.440. The fourth-order valence-electron chi connectivity index (χ4n) is 4.38. The number of nitrogens with one attached hydrogen (secondary N) is 1. The van der Waals surface area contributed by atoms with Gasteiger partial charge in [0.15, 0.2) is 0 Å². The van der Waals surface area contributed by atoms with Crippen LogP contribution in [0.2, 0.25) is 0 Å². The van der Waals surface area contributed by atoms with Crippen molar-refractivity contribution >= 4 is 23.2 Å². The summed E-state index contributed by atoms with van der Waals surface area (Å²) < 4.78 is 0. The highest BCUT2D eigenvalue weighted by Crippen LogP contribution is 2.37. The predicted octanol–water partition coefficient (Wildman–Crippen LogP) is 3.17. The van der Waals surface area contributed by atoms with Crippen LogP contribution in [0.15, 0.2) is 0 Å². The lowest BCUT2D eigenvalue weighted by Gasteiger charge is -2.42. The van der Waals surface area contributed by atoms with Crippen molar-refractivity contribution in [2.75, 3.05) is 13.1 Å². The van der Waals surface area contributed by atoms with Gasteiger partial charge in [0.1, 0.15) is 4.88 Å². The van der Waals surface area contributed by atoms with Gasteiger partial charge in [0.25, 0.3) is 5.91 Å². The molecule has 4 rings (SSSR count). The number of nitrogens with zero attached hydrogens (tertiary/aromatic N) is 2. The third kappa shape index (κ3) is 4.51. The third-order valence-electron chi connectivity index (χ3n) is 6.22. The fourth-order valence-corrected chi connectivity index (χ4v) is 5.52. The molecule has 1 heterocycles. The maximum Gasteiger partial charge on any atom is 0.317 e. The Morgan fingerprint density at radius 1 is 1.22 bits per heavy atom. The monoisotopic (exact) mass is 391 g/mol. The number of carbonyl (C=O) groups is 2. The molecule has 0 spiro atoms. The molecule has 7 heteroatoms. The topological polar surface area (TPSA) is 82.5 Å². The van der Waals surface area contributed by atoms with Crippen LogP contribution in [-0.4, -0.2) is 52.0 Å². The van der Waals surface area contributed by atoms with Crippen molar-refractivity contribution in [3.63, 3.8) is 0 Å². The van der Waals surface area contributed by atoms with E-state index < -0.39 is 5.97 Å². The smallest absolute Gasteiger partial charge is 0.317 e. The van der Waals surface area contributed by atoms with Gasteiger partial charge in [-0.2, -0.15) is 0 Å². The highest BCUT2D eigenvalue weighted by Gasteiger charge is 2.38. The molecule has 0 unspecified atom stereocenters.